The molecule has 4 nitrogen and oxygen atoms in total. The molecule has 2 rings (SSSR count). The molecule has 0 saturated carbocycles. The Bertz CT molecular complexity index is 423. The predicted octanol–water partition coefficient (Wildman–Crippen LogP) is 1.37. The maximum Gasteiger partial charge on any atom is 0.241 e. The highest BCUT2D eigenvalue weighted by molar-refractivity contribution is 9.10. The van der Waals surface area contributed by atoms with Crippen LogP contribution in [0.15, 0.2) is 15.9 Å². The molecule has 0 aromatic carbocycles. The number of piperazine rings is 1. The largest absolute Gasteiger partial charge is 0.339 e. The molecule has 0 bridgehead atoms. The maximum atomic E-state index is 12.4. The lowest BCUT2D eigenvalue weighted by Gasteiger charge is -2.34. The smallest absolute Gasteiger partial charge is 0.241 e. The SMILES string of the molecule is CN(Cc1cc(Br)cs1)C(=O)C1CNCCN1C. The van der Waals surface area contributed by atoms with Crippen LogP contribution in [0.1, 0.15) is 4.88 Å². The molecule has 1 N–H and O–H groups in total. The van der Waals surface area contributed by atoms with Gasteiger partial charge >= 0.3 is 0 Å². The fourth-order valence-electron chi connectivity index (χ4n) is 2.08. The molecule has 6 heteroatoms. The molecule has 1 saturated heterocycles. The molecule has 2 heterocycles. The average molecular weight is 332 g/mol. The van der Waals surface area contributed by atoms with Gasteiger partial charge in [0.25, 0.3) is 0 Å². The minimum absolute atomic E-state index is 0.0350. The van der Waals surface area contributed by atoms with Crippen molar-refractivity contribution >= 4 is 33.2 Å². The van der Waals surface area contributed by atoms with Crippen molar-refractivity contribution in [1.29, 1.82) is 0 Å². The zero-order valence-corrected chi connectivity index (χ0v) is 13.1. The number of rotatable bonds is 3. The molecule has 0 radical (unpaired) electrons. The van der Waals surface area contributed by atoms with E-state index in [-0.39, 0.29) is 11.9 Å². The second kappa shape index (κ2) is 6.14. The van der Waals surface area contributed by atoms with Crippen LogP contribution in [0.25, 0.3) is 0 Å². The van der Waals surface area contributed by atoms with E-state index in [1.54, 1.807) is 11.3 Å². The predicted molar refractivity (Wildman–Crippen MR) is 77.8 cm³/mol. The number of halogens is 1. The van der Waals surface area contributed by atoms with E-state index in [0.717, 1.165) is 24.1 Å². The highest BCUT2D eigenvalue weighted by Gasteiger charge is 2.28. The number of hydrogen-bond donors (Lipinski definition) is 1. The molecule has 1 aromatic heterocycles. The molecule has 1 atom stereocenters. The molecule has 0 spiro atoms. The number of carbonyl (C=O) groups excluding carboxylic acids is 1. The van der Waals surface area contributed by atoms with Crippen LogP contribution in [0, 0.1) is 0 Å². The summed E-state index contributed by atoms with van der Waals surface area (Å²) in [6, 6.07) is 2.03. The first-order valence-corrected chi connectivity index (χ1v) is 7.64. The second-order valence-electron chi connectivity index (χ2n) is 4.63. The summed E-state index contributed by atoms with van der Waals surface area (Å²) in [4.78, 5) is 17.5. The third-order valence-corrected chi connectivity index (χ3v) is 4.87. The summed E-state index contributed by atoms with van der Waals surface area (Å²) in [7, 11) is 3.89. The Labute approximate surface area is 120 Å². The van der Waals surface area contributed by atoms with Gasteiger partial charge in [-0.1, -0.05) is 0 Å². The second-order valence-corrected chi connectivity index (χ2v) is 6.54. The van der Waals surface area contributed by atoms with Crippen LogP contribution in [0.2, 0.25) is 0 Å². The number of amides is 1. The fourth-order valence-corrected chi connectivity index (χ4v) is 3.59. The van der Waals surface area contributed by atoms with Crippen molar-refractivity contribution in [2.75, 3.05) is 33.7 Å². The summed E-state index contributed by atoms with van der Waals surface area (Å²) in [5.74, 6) is 0.189. The van der Waals surface area contributed by atoms with Gasteiger partial charge in [0.15, 0.2) is 0 Å². The van der Waals surface area contributed by atoms with Gasteiger partial charge in [0, 0.05) is 41.4 Å². The third-order valence-electron chi connectivity index (χ3n) is 3.19. The minimum Gasteiger partial charge on any atom is -0.339 e. The third kappa shape index (κ3) is 3.32. The lowest BCUT2D eigenvalue weighted by Crippen LogP contribution is -2.56. The van der Waals surface area contributed by atoms with E-state index in [1.807, 2.05) is 24.4 Å². The van der Waals surface area contributed by atoms with Crippen LogP contribution in [-0.2, 0) is 11.3 Å². The van der Waals surface area contributed by atoms with Crippen molar-refractivity contribution < 1.29 is 4.79 Å². The standard InChI is InChI=1S/C12H18BrN3OS/c1-15-4-3-14-6-11(15)12(17)16(2)7-10-5-9(13)8-18-10/h5,8,11,14H,3-4,6-7H2,1-2H3. The van der Waals surface area contributed by atoms with Crippen LogP contribution in [-0.4, -0.2) is 55.5 Å². The summed E-state index contributed by atoms with van der Waals surface area (Å²) >= 11 is 5.11. The Morgan fingerprint density at radius 3 is 3.11 bits per heavy atom. The quantitative estimate of drug-likeness (QED) is 0.908. The molecule has 1 aliphatic heterocycles. The van der Waals surface area contributed by atoms with Crippen LogP contribution in [0.5, 0.6) is 0 Å². The Morgan fingerprint density at radius 1 is 1.72 bits per heavy atom. The number of hydrogen-bond acceptors (Lipinski definition) is 4. The van der Waals surface area contributed by atoms with Crippen molar-refractivity contribution in [3.05, 3.63) is 20.8 Å². The van der Waals surface area contributed by atoms with Gasteiger partial charge in [-0.25, -0.2) is 0 Å². The number of nitrogens with one attached hydrogen (secondary N) is 1. The zero-order valence-electron chi connectivity index (χ0n) is 10.6. The van der Waals surface area contributed by atoms with E-state index >= 15 is 0 Å². The van der Waals surface area contributed by atoms with Crippen LogP contribution >= 0.6 is 27.3 Å². The van der Waals surface area contributed by atoms with Crippen molar-refractivity contribution in [1.82, 2.24) is 15.1 Å². The van der Waals surface area contributed by atoms with Gasteiger partial charge < -0.3 is 10.2 Å². The van der Waals surface area contributed by atoms with Crippen molar-refractivity contribution in [2.24, 2.45) is 0 Å². The van der Waals surface area contributed by atoms with Gasteiger partial charge in [0.05, 0.1) is 6.54 Å². The van der Waals surface area contributed by atoms with E-state index in [0.29, 0.717) is 6.54 Å². The molecule has 18 heavy (non-hydrogen) atoms. The van der Waals surface area contributed by atoms with Gasteiger partial charge in [-0.3, -0.25) is 9.69 Å². The van der Waals surface area contributed by atoms with Gasteiger partial charge in [0.2, 0.25) is 5.91 Å². The fraction of sp³-hybridized carbons (Fsp3) is 0.583. The van der Waals surface area contributed by atoms with Crippen molar-refractivity contribution in [3.8, 4) is 0 Å². The summed E-state index contributed by atoms with van der Waals surface area (Å²) in [5.41, 5.74) is 0. The van der Waals surface area contributed by atoms with Gasteiger partial charge in [0.1, 0.15) is 6.04 Å². The molecular weight excluding hydrogens is 314 g/mol. The Kier molecular flexibility index (Phi) is 4.77. The summed E-state index contributed by atoms with van der Waals surface area (Å²) < 4.78 is 1.08. The van der Waals surface area contributed by atoms with Crippen molar-refractivity contribution in [3.63, 3.8) is 0 Å². The van der Waals surface area contributed by atoms with Gasteiger partial charge in [-0.05, 0) is 29.0 Å². The van der Waals surface area contributed by atoms with E-state index in [4.69, 9.17) is 0 Å². The van der Waals surface area contributed by atoms with E-state index in [1.165, 1.54) is 4.88 Å². The van der Waals surface area contributed by atoms with Gasteiger partial charge in [-0.15, -0.1) is 11.3 Å². The normalized spacial score (nSPS) is 20.9. The Hall–Kier alpha value is -0.430. The summed E-state index contributed by atoms with van der Waals surface area (Å²) in [6.45, 7) is 3.31. The van der Waals surface area contributed by atoms with Crippen LogP contribution < -0.4 is 5.32 Å². The van der Waals surface area contributed by atoms with E-state index in [9.17, 15) is 4.79 Å². The molecular formula is C12H18BrN3OS. The molecule has 100 valence electrons. The maximum absolute atomic E-state index is 12.4. The van der Waals surface area contributed by atoms with Crippen molar-refractivity contribution in [2.45, 2.75) is 12.6 Å². The molecule has 0 aliphatic carbocycles. The van der Waals surface area contributed by atoms with Gasteiger partial charge in [-0.2, -0.15) is 0 Å². The minimum atomic E-state index is -0.0350. The number of nitrogens with zero attached hydrogens (tertiary/aromatic N) is 2. The molecule has 1 fully saturated rings. The monoisotopic (exact) mass is 331 g/mol. The highest BCUT2D eigenvalue weighted by atomic mass is 79.9. The number of likely N-dealkylation sites (N-methyl/N-ethyl adjacent to an activating group) is 2. The Balaban J connectivity index is 1.95. The summed E-state index contributed by atoms with van der Waals surface area (Å²) in [6.07, 6.45) is 0. The lowest BCUT2D eigenvalue weighted by atomic mass is 10.2. The first kappa shape index (κ1) is 14.0. The highest BCUT2D eigenvalue weighted by Crippen LogP contribution is 2.21. The first-order chi connectivity index (χ1) is 8.58. The van der Waals surface area contributed by atoms with Crippen LogP contribution in [0.4, 0.5) is 0 Å². The van der Waals surface area contributed by atoms with E-state index < -0.39 is 0 Å². The molecule has 1 aromatic rings. The number of thiophene rings is 1. The Morgan fingerprint density at radius 2 is 2.50 bits per heavy atom. The van der Waals surface area contributed by atoms with E-state index in [2.05, 4.69) is 32.2 Å². The average Bonchev–Trinajstić information content (AvgIpc) is 2.74. The number of carbonyl (C=O) groups is 1. The topological polar surface area (TPSA) is 35.6 Å². The molecule has 1 amide bonds. The van der Waals surface area contributed by atoms with Crippen LogP contribution in [0.3, 0.4) is 0 Å². The molecule has 1 aliphatic rings. The lowest BCUT2D eigenvalue weighted by molar-refractivity contribution is -0.136. The zero-order chi connectivity index (χ0) is 13.1. The first-order valence-electron chi connectivity index (χ1n) is 5.97. The molecule has 1 unspecified atom stereocenters. The summed E-state index contributed by atoms with van der Waals surface area (Å²) in [5, 5.41) is 5.32.